The van der Waals surface area contributed by atoms with Crippen molar-refractivity contribution in [3.8, 4) is 5.75 Å². The second-order valence-electron chi connectivity index (χ2n) is 9.26. The minimum absolute atomic E-state index is 0.0192. The van der Waals surface area contributed by atoms with Crippen molar-refractivity contribution >= 4 is 17.8 Å². The van der Waals surface area contributed by atoms with Gasteiger partial charge < -0.3 is 23.8 Å². The molecule has 35 heavy (non-hydrogen) atoms. The number of amides is 2. The number of aryl methyl sites for hydroxylation is 1. The van der Waals surface area contributed by atoms with E-state index in [1.165, 1.54) is 17.7 Å². The van der Waals surface area contributed by atoms with Crippen LogP contribution in [0.15, 0.2) is 35.1 Å². The molecule has 0 bridgehead atoms. The Morgan fingerprint density at radius 3 is 2.60 bits per heavy atom. The summed E-state index contributed by atoms with van der Waals surface area (Å²) < 4.78 is 12.5. The van der Waals surface area contributed by atoms with Crippen LogP contribution in [0.2, 0.25) is 0 Å². The van der Waals surface area contributed by atoms with E-state index in [4.69, 9.17) is 9.47 Å². The first-order valence-electron chi connectivity index (χ1n) is 11.8. The third kappa shape index (κ3) is 5.39. The van der Waals surface area contributed by atoms with Crippen molar-refractivity contribution in [2.24, 2.45) is 5.92 Å². The van der Waals surface area contributed by atoms with Crippen LogP contribution >= 0.6 is 0 Å². The smallest absolute Gasteiger partial charge is 0.343 e. The van der Waals surface area contributed by atoms with Gasteiger partial charge in [0, 0.05) is 63.7 Å². The molecule has 1 unspecified atom stereocenters. The van der Waals surface area contributed by atoms with Crippen LogP contribution in [0.1, 0.15) is 33.6 Å². The van der Waals surface area contributed by atoms with Gasteiger partial charge in [0.05, 0.1) is 20.1 Å². The maximum Gasteiger partial charge on any atom is 0.343 e. The van der Waals surface area contributed by atoms with Gasteiger partial charge in [0.25, 0.3) is 5.56 Å². The number of pyridine rings is 1. The van der Waals surface area contributed by atoms with E-state index in [0.717, 1.165) is 11.1 Å². The summed E-state index contributed by atoms with van der Waals surface area (Å²) in [5.74, 6) is -0.432. The number of methoxy groups -OCH3 is 1. The molecule has 1 aromatic heterocycles. The summed E-state index contributed by atoms with van der Waals surface area (Å²) in [4.78, 5) is 53.9. The van der Waals surface area contributed by atoms with Gasteiger partial charge in [0.15, 0.2) is 0 Å². The summed E-state index contributed by atoms with van der Waals surface area (Å²) in [6, 6.07) is 9.14. The normalized spacial score (nSPS) is 17.7. The third-order valence-electron chi connectivity index (χ3n) is 6.67. The summed E-state index contributed by atoms with van der Waals surface area (Å²) in [6.45, 7) is 3.78. The fourth-order valence-electron chi connectivity index (χ4n) is 4.82. The monoisotopic (exact) mass is 481 g/mol. The van der Waals surface area contributed by atoms with Crippen LogP contribution in [-0.2, 0) is 33.7 Å². The standard InChI is InChI=1S/C26H31N3O6/c1-17-5-4-6-18(11-17)12-23(31)28-8-7-20-25(26(33)34-3)21(14-24(32)29(20)10-9-28)35-16-19-13-22(30)27(2)15-19/h4-6,11,14,19H,7-10,12-13,15-16H2,1-3H3. The predicted octanol–water partition coefficient (Wildman–Crippen LogP) is 1.43. The van der Waals surface area contributed by atoms with E-state index < -0.39 is 5.97 Å². The first kappa shape index (κ1) is 24.5. The molecule has 0 radical (unpaired) electrons. The fourth-order valence-corrected chi connectivity index (χ4v) is 4.82. The molecule has 1 fully saturated rings. The number of esters is 1. The molecule has 1 atom stereocenters. The molecular formula is C26H31N3O6. The van der Waals surface area contributed by atoms with E-state index in [1.54, 1.807) is 16.8 Å². The number of benzene rings is 1. The molecule has 0 N–H and O–H groups in total. The lowest BCUT2D eigenvalue weighted by Gasteiger charge is -2.20. The van der Waals surface area contributed by atoms with Gasteiger partial charge in [0.1, 0.15) is 11.3 Å². The van der Waals surface area contributed by atoms with Gasteiger partial charge in [-0.3, -0.25) is 14.4 Å². The number of rotatable bonds is 6. The van der Waals surface area contributed by atoms with Gasteiger partial charge in [0.2, 0.25) is 11.8 Å². The van der Waals surface area contributed by atoms with Crippen LogP contribution < -0.4 is 10.3 Å². The molecule has 2 aliphatic heterocycles. The summed E-state index contributed by atoms with van der Waals surface area (Å²) in [5.41, 5.74) is 2.45. The van der Waals surface area contributed by atoms with Crippen LogP contribution in [-0.4, -0.2) is 72.5 Å². The minimum Gasteiger partial charge on any atom is -0.492 e. The van der Waals surface area contributed by atoms with Crippen LogP contribution in [0.4, 0.5) is 0 Å². The number of aromatic nitrogens is 1. The Balaban J connectivity index is 1.55. The van der Waals surface area contributed by atoms with Crippen molar-refractivity contribution in [3.05, 3.63) is 63.1 Å². The average Bonchev–Trinajstić information content (AvgIpc) is 3.01. The molecule has 186 valence electrons. The zero-order valence-electron chi connectivity index (χ0n) is 20.4. The van der Waals surface area contributed by atoms with Gasteiger partial charge in [-0.1, -0.05) is 29.8 Å². The lowest BCUT2D eigenvalue weighted by atomic mass is 10.1. The van der Waals surface area contributed by atoms with Crippen LogP contribution in [0.5, 0.6) is 5.75 Å². The number of likely N-dealkylation sites (tertiary alicyclic amines) is 1. The van der Waals surface area contributed by atoms with Crippen molar-refractivity contribution in [2.75, 3.05) is 40.4 Å². The second-order valence-corrected chi connectivity index (χ2v) is 9.26. The molecule has 9 nitrogen and oxygen atoms in total. The highest BCUT2D eigenvalue weighted by Gasteiger charge is 2.30. The van der Waals surface area contributed by atoms with Crippen molar-refractivity contribution in [3.63, 3.8) is 0 Å². The zero-order chi connectivity index (χ0) is 25.1. The molecule has 3 heterocycles. The Bertz CT molecular complexity index is 1200. The third-order valence-corrected chi connectivity index (χ3v) is 6.67. The predicted molar refractivity (Wildman–Crippen MR) is 128 cm³/mol. The van der Waals surface area contributed by atoms with Gasteiger partial charge >= 0.3 is 5.97 Å². The molecular weight excluding hydrogens is 450 g/mol. The molecule has 2 amide bonds. The van der Waals surface area contributed by atoms with Crippen LogP contribution in [0, 0.1) is 12.8 Å². The summed E-state index contributed by atoms with van der Waals surface area (Å²) >= 11 is 0. The SMILES string of the molecule is COC(=O)c1c(OCC2CC(=O)N(C)C2)cc(=O)n2c1CCN(C(=O)Cc1cccc(C)c1)CC2. The number of carbonyl (C=O) groups excluding carboxylic acids is 3. The Morgan fingerprint density at radius 2 is 1.91 bits per heavy atom. The highest BCUT2D eigenvalue weighted by Crippen LogP contribution is 2.26. The molecule has 0 spiro atoms. The Labute approximate surface area is 204 Å². The number of carbonyl (C=O) groups is 3. The van der Waals surface area contributed by atoms with Gasteiger partial charge in [-0.05, 0) is 12.5 Å². The minimum atomic E-state index is -0.595. The molecule has 0 saturated carbocycles. The number of hydrogen-bond acceptors (Lipinski definition) is 6. The highest BCUT2D eigenvalue weighted by atomic mass is 16.5. The van der Waals surface area contributed by atoms with Gasteiger partial charge in [-0.15, -0.1) is 0 Å². The first-order chi connectivity index (χ1) is 16.8. The van der Waals surface area contributed by atoms with Crippen LogP contribution in [0.25, 0.3) is 0 Å². The van der Waals surface area contributed by atoms with Crippen molar-refractivity contribution in [1.82, 2.24) is 14.4 Å². The van der Waals surface area contributed by atoms with E-state index in [9.17, 15) is 19.2 Å². The Kier molecular flexibility index (Phi) is 7.23. The van der Waals surface area contributed by atoms with Gasteiger partial charge in [-0.25, -0.2) is 4.79 Å². The Hall–Kier alpha value is -3.62. The number of nitrogens with zero attached hydrogens (tertiary/aromatic N) is 3. The molecule has 4 rings (SSSR count). The topological polar surface area (TPSA) is 98.2 Å². The van der Waals surface area contributed by atoms with Gasteiger partial charge in [-0.2, -0.15) is 0 Å². The van der Waals surface area contributed by atoms with E-state index in [0.29, 0.717) is 38.2 Å². The number of ether oxygens (including phenoxy) is 2. The lowest BCUT2D eigenvalue weighted by Crippen LogP contribution is -2.35. The largest absolute Gasteiger partial charge is 0.492 e. The quantitative estimate of drug-likeness (QED) is 0.579. The van der Waals surface area contributed by atoms with Crippen molar-refractivity contribution < 1.29 is 23.9 Å². The molecule has 9 heteroatoms. The second kappa shape index (κ2) is 10.3. The summed E-state index contributed by atoms with van der Waals surface area (Å²) in [7, 11) is 3.02. The highest BCUT2D eigenvalue weighted by molar-refractivity contribution is 5.93. The summed E-state index contributed by atoms with van der Waals surface area (Å²) in [6.07, 6.45) is 0.965. The average molecular weight is 482 g/mol. The van der Waals surface area contributed by atoms with E-state index in [1.807, 2.05) is 31.2 Å². The van der Waals surface area contributed by atoms with E-state index in [-0.39, 0.29) is 54.2 Å². The van der Waals surface area contributed by atoms with Crippen molar-refractivity contribution in [2.45, 2.75) is 32.7 Å². The maximum absolute atomic E-state index is 13.0. The molecule has 1 aromatic carbocycles. The zero-order valence-corrected chi connectivity index (χ0v) is 20.4. The maximum atomic E-state index is 13.0. The van der Waals surface area contributed by atoms with E-state index >= 15 is 0 Å². The van der Waals surface area contributed by atoms with Crippen LogP contribution in [0.3, 0.4) is 0 Å². The number of hydrogen-bond donors (Lipinski definition) is 0. The first-order valence-corrected chi connectivity index (χ1v) is 11.8. The summed E-state index contributed by atoms with van der Waals surface area (Å²) in [5, 5.41) is 0. The fraction of sp³-hybridized carbons (Fsp3) is 0.462. The van der Waals surface area contributed by atoms with Crippen molar-refractivity contribution in [1.29, 1.82) is 0 Å². The lowest BCUT2D eigenvalue weighted by molar-refractivity contribution is -0.130. The molecule has 1 saturated heterocycles. The van der Waals surface area contributed by atoms with E-state index in [2.05, 4.69) is 0 Å². The molecule has 2 aromatic rings. The molecule has 0 aliphatic carbocycles. The number of fused-ring (bicyclic) bond motifs is 1. The molecule has 2 aliphatic rings. The Morgan fingerprint density at radius 1 is 1.11 bits per heavy atom.